The summed E-state index contributed by atoms with van der Waals surface area (Å²) in [4.78, 5) is 16.6. The van der Waals surface area contributed by atoms with E-state index < -0.39 is 9.84 Å². The van der Waals surface area contributed by atoms with Crippen molar-refractivity contribution in [1.29, 1.82) is 0 Å². The first-order chi connectivity index (χ1) is 15.2. The van der Waals surface area contributed by atoms with Gasteiger partial charge >= 0.3 is 0 Å². The minimum absolute atomic E-state index is 0.165. The van der Waals surface area contributed by atoms with Crippen LogP contribution in [0.5, 0.6) is 0 Å². The fourth-order valence-electron chi connectivity index (χ4n) is 2.93. The Labute approximate surface area is 197 Å². The van der Waals surface area contributed by atoms with Crippen LogP contribution in [-0.4, -0.2) is 31.2 Å². The van der Waals surface area contributed by atoms with Gasteiger partial charge in [0, 0.05) is 12.5 Å². The molecule has 3 rings (SSSR count). The topological polar surface area (TPSA) is 64.1 Å². The van der Waals surface area contributed by atoms with Crippen LogP contribution in [0.25, 0.3) is 11.1 Å². The van der Waals surface area contributed by atoms with Crippen LogP contribution in [0.2, 0.25) is 5.02 Å². The van der Waals surface area contributed by atoms with Crippen molar-refractivity contribution >= 4 is 53.0 Å². The molecule has 0 fully saturated rings. The summed E-state index contributed by atoms with van der Waals surface area (Å²) in [6, 6.07) is 20.1. The lowest BCUT2D eigenvalue weighted by Crippen LogP contribution is -2.04. The largest absolute Gasteiger partial charge is 0.294 e. The maximum Gasteiger partial charge on any atom is 0.175 e. The first-order valence-corrected chi connectivity index (χ1v) is 12.7. The molecule has 0 spiro atoms. The highest BCUT2D eigenvalue weighted by atomic mass is 35.5. The number of aryl methyl sites for hydroxylation is 1. The number of nitrogens with zero attached hydrogens (tertiary/aromatic N) is 1. The zero-order chi connectivity index (χ0) is 23.7. The van der Waals surface area contributed by atoms with Gasteiger partial charge in [0.1, 0.15) is 0 Å². The summed E-state index contributed by atoms with van der Waals surface area (Å²) in [5, 5.41) is 0.475. The van der Waals surface area contributed by atoms with Crippen LogP contribution in [0.4, 0.5) is 0 Å². The Morgan fingerprint density at radius 3 is 2.06 bits per heavy atom. The van der Waals surface area contributed by atoms with Gasteiger partial charge in [0.2, 0.25) is 0 Å². The quantitative estimate of drug-likeness (QED) is 0.325. The van der Waals surface area contributed by atoms with Gasteiger partial charge in [0.15, 0.2) is 15.6 Å². The number of hydrogen-bond acceptors (Lipinski definition) is 4. The van der Waals surface area contributed by atoms with Crippen molar-refractivity contribution in [3.63, 3.8) is 0 Å². The summed E-state index contributed by atoms with van der Waals surface area (Å²) in [6.07, 6.45) is 3.76. The zero-order valence-electron chi connectivity index (χ0n) is 18.2. The molecule has 2 aromatic carbocycles. The third-order valence-electron chi connectivity index (χ3n) is 4.59. The number of rotatable bonds is 6. The summed E-state index contributed by atoms with van der Waals surface area (Å²) in [5.41, 5.74) is 3.61. The van der Waals surface area contributed by atoms with Crippen LogP contribution < -0.4 is 0 Å². The van der Waals surface area contributed by atoms with E-state index in [1.807, 2.05) is 6.07 Å². The van der Waals surface area contributed by atoms with Crippen LogP contribution in [0.1, 0.15) is 30.7 Å². The lowest BCUT2D eigenvalue weighted by molar-refractivity contribution is -0.111. The average Bonchev–Trinajstić information content (AvgIpc) is 2.78. The van der Waals surface area contributed by atoms with E-state index in [4.69, 9.17) is 11.6 Å². The molecule has 0 N–H and O–H groups in total. The number of allylic oxidation sites excluding steroid dienone is 2. The Bertz CT molecular complexity index is 1200. The Morgan fingerprint density at radius 1 is 1.03 bits per heavy atom. The smallest absolute Gasteiger partial charge is 0.175 e. The molecule has 0 atom stereocenters. The summed E-state index contributed by atoms with van der Waals surface area (Å²) in [6.45, 7) is 3.61. The van der Waals surface area contributed by atoms with Crippen molar-refractivity contribution in [2.24, 2.45) is 0 Å². The fraction of sp³-hybridized carbons (Fsp3) is 0.160. The lowest BCUT2D eigenvalue weighted by Gasteiger charge is -2.11. The highest BCUT2D eigenvalue weighted by Gasteiger charge is 2.16. The van der Waals surface area contributed by atoms with E-state index in [9.17, 15) is 13.2 Å². The molecule has 3 aromatic rings. The van der Waals surface area contributed by atoms with E-state index in [0.29, 0.717) is 27.4 Å². The Balaban J connectivity index is 0.000000380. The molecule has 0 saturated carbocycles. The van der Waals surface area contributed by atoms with E-state index in [2.05, 4.69) is 45.0 Å². The van der Waals surface area contributed by atoms with Crippen molar-refractivity contribution in [1.82, 2.24) is 4.98 Å². The molecular formula is C25H25ClNO3PS. The molecule has 1 heterocycles. The molecule has 0 bridgehead atoms. The van der Waals surface area contributed by atoms with E-state index in [0.717, 1.165) is 12.7 Å². The van der Waals surface area contributed by atoms with Gasteiger partial charge < -0.3 is 0 Å². The lowest BCUT2D eigenvalue weighted by atomic mass is 9.96. The van der Waals surface area contributed by atoms with Gasteiger partial charge in [0.05, 0.1) is 21.2 Å². The normalized spacial score (nSPS) is 11.6. The number of carbonyl (C=O) groups is 1. The van der Waals surface area contributed by atoms with Crippen LogP contribution in [0.3, 0.4) is 0 Å². The standard InChI is InChI=1S/C17H15ClNO3PS.C8H10/c1-11(20)17(16-8-5-13(18)9-19-16)15(10-23)12-3-6-14(7-4-12)24(2,21)22;1-2-8-6-4-3-5-7-8/h3-10,23H,1-2H3;3-7H,2H2,1H3/b17-15-;. The molecule has 0 unspecified atom stereocenters. The van der Waals surface area contributed by atoms with Gasteiger partial charge in [-0.15, -0.1) is 8.86 Å². The molecule has 0 aliphatic carbocycles. The second-order valence-electron chi connectivity index (χ2n) is 6.99. The van der Waals surface area contributed by atoms with Crippen molar-refractivity contribution in [2.75, 3.05) is 6.26 Å². The SMILES string of the molecule is CC(=O)/C(=C(\C=P)c1ccc(S(C)(=O)=O)cc1)c1ccc(Cl)cn1.CCc1ccccc1. The summed E-state index contributed by atoms with van der Waals surface area (Å²) >= 11 is 5.85. The monoisotopic (exact) mass is 485 g/mol. The van der Waals surface area contributed by atoms with E-state index in [1.165, 1.54) is 30.8 Å². The summed E-state index contributed by atoms with van der Waals surface area (Å²) in [5.74, 6) is 1.45. The Kier molecular flexibility index (Phi) is 9.52. The molecule has 0 amide bonds. The highest BCUT2D eigenvalue weighted by Crippen LogP contribution is 2.27. The minimum atomic E-state index is -3.28. The number of carbonyl (C=O) groups excluding carboxylic acids is 1. The van der Waals surface area contributed by atoms with Crippen LogP contribution in [-0.2, 0) is 21.1 Å². The average molecular weight is 486 g/mol. The molecule has 4 nitrogen and oxygen atoms in total. The molecule has 32 heavy (non-hydrogen) atoms. The van der Waals surface area contributed by atoms with E-state index in [-0.39, 0.29) is 10.7 Å². The predicted octanol–water partition coefficient (Wildman–Crippen LogP) is 5.83. The predicted molar refractivity (Wildman–Crippen MR) is 136 cm³/mol. The van der Waals surface area contributed by atoms with Gasteiger partial charge in [-0.2, -0.15) is 0 Å². The second kappa shape index (κ2) is 11.9. The molecule has 1 aromatic heterocycles. The first kappa shape index (κ1) is 25.7. The summed E-state index contributed by atoms with van der Waals surface area (Å²) in [7, 11) is 0.0605. The Morgan fingerprint density at radius 2 is 1.66 bits per heavy atom. The number of aromatic nitrogens is 1. The Hall–Kier alpha value is -2.59. The maximum absolute atomic E-state index is 12.2. The van der Waals surface area contributed by atoms with Gasteiger partial charge in [0.25, 0.3) is 0 Å². The molecule has 0 aliphatic rings. The number of halogens is 1. The number of hydrogen-bond donors (Lipinski definition) is 0. The number of ketones is 1. The van der Waals surface area contributed by atoms with Crippen molar-refractivity contribution < 1.29 is 13.2 Å². The molecule has 0 saturated heterocycles. The molecule has 166 valence electrons. The first-order valence-electron chi connectivity index (χ1n) is 9.89. The van der Waals surface area contributed by atoms with Crippen molar-refractivity contribution in [3.8, 4) is 0 Å². The molecule has 7 heteroatoms. The molecular weight excluding hydrogens is 461 g/mol. The van der Waals surface area contributed by atoms with Gasteiger partial charge in [-0.1, -0.05) is 61.0 Å². The van der Waals surface area contributed by atoms with Crippen LogP contribution >= 0.6 is 20.5 Å². The van der Waals surface area contributed by atoms with Gasteiger partial charge in [-0.05, 0) is 60.1 Å². The number of Topliss-reactive ketones (excluding diaryl/α,β-unsaturated/α-hetero) is 1. The van der Waals surface area contributed by atoms with E-state index in [1.54, 1.807) is 30.1 Å². The maximum atomic E-state index is 12.2. The highest BCUT2D eigenvalue weighted by molar-refractivity contribution is 7.90. The number of sulfone groups is 1. The fourth-order valence-corrected chi connectivity index (χ4v) is 3.98. The van der Waals surface area contributed by atoms with Crippen LogP contribution in [0, 0.1) is 0 Å². The van der Waals surface area contributed by atoms with Crippen molar-refractivity contribution in [3.05, 3.63) is 94.8 Å². The second-order valence-corrected chi connectivity index (χ2v) is 9.73. The third kappa shape index (κ3) is 7.23. The van der Waals surface area contributed by atoms with Gasteiger partial charge in [-0.3, -0.25) is 9.78 Å². The molecule has 0 aliphatic heterocycles. The zero-order valence-corrected chi connectivity index (χ0v) is 20.7. The third-order valence-corrected chi connectivity index (χ3v) is 6.23. The van der Waals surface area contributed by atoms with E-state index >= 15 is 0 Å². The number of benzene rings is 2. The molecule has 0 radical (unpaired) electrons. The van der Waals surface area contributed by atoms with Crippen LogP contribution in [0.15, 0.2) is 77.8 Å². The summed E-state index contributed by atoms with van der Waals surface area (Å²) < 4.78 is 23.1. The number of pyridine rings is 1. The van der Waals surface area contributed by atoms with Crippen molar-refractivity contribution in [2.45, 2.75) is 25.2 Å². The van der Waals surface area contributed by atoms with Gasteiger partial charge in [-0.25, -0.2) is 8.42 Å². The minimum Gasteiger partial charge on any atom is -0.294 e.